The van der Waals surface area contributed by atoms with E-state index in [9.17, 15) is 9.59 Å². The van der Waals surface area contributed by atoms with Gasteiger partial charge < -0.3 is 24.2 Å². The van der Waals surface area contributed by atoms with Gasteiger partial charge in [-0.15, -0.1) is 0 Å². The smallest absolute Gasteiger partial charge is 0.354 e. The predicted molar refractivity (Wildman–Crippen MR) is 100 cm³/mol. The number of carbonyl (C=O) groups is 2. The Kier molecular flexibility index (Phi) is 5.98. The van der Waals surface area contributed by atoms with Gasteiger partial charge in [0.1, 0.15) is 11.8 Å². The van der Waals surface area contributed by atoms with Crippen LogP contribution in [0, 0.1) is 0 Å². The number of hydrogen-bond donors (Lipinski definition) is 1. The number of aromatic nitrogens is 1. The largest absolute Gasteiger partial charge is 0.493 e. The van der Waals surface area contributed by atoms with Crippen molar-refractivity contribution in [3.05, 3.63) is 47.8 Å². The summed E-state index contributed by atoms with van der Waals surface area (Å²) in [4.78, 5) is 29.2. The molecule has 0 radical (unpaired) electrons. The summed E-state index contributed by atoms with van der Waals surface area (Å²) in [7, 11) is 3.14. The first-order chi connectivity index (χ1) is 13.5. The second-order valence-electron chi connectivity index (χ2n) is 6.34. The fourth-order valence-corrected chi connectivity index (χ4v) is 3.14. The molecule has 0 unspecified atom stereocenters. The van der Waals surface area contributed by atoms with Crippen LogP contribution in [-0.2, 0) is 0 Å². The number of carbonyl (C=O) groups excluding carboxylic acids is 1. The highest BCUT2D eigenvalue weighted by atomic mass is 16.5. The zero-order chi connectivity index (χ0) is 20.1. The van der Waals surface area contributed by atoms with E-state index in [1.165, 1.54) is 18.3 Å². The van der Waals surface area contributed by atoms with E-state index in [1.807, 2.05) is 6.07 Å². The summed E-state index contributed by atoms with van der Waals surface area (Å²) < 4.78 is 16.8. The summed E-state index contributed by atoms with van der Waals surface area (Å²) in [6, 6.07) is 8.26. The molecule has 0 spiro atoms. The second-order valence-corrected chi connectivity index (χ2v) is 6.34. The first kappa shape index (κ1) is 19.5. The lowest BCUT2D eigenvalue weighted by atomic mass is 10.1. The number of carboxylic acid groups (broad SMARTS) is 1. The monoisotopic (exact) mass is 386 g/mol. The van der Waals surface area contributed by atoms with Crippen molar-refractivity contribution in [3.8, 4) is 17.2 Å². The van der Waals surface area contributed by atoms with Gasteiger partial charge in [-0.25, -0.2) is 9.78 Å². The van der Waals surface area contributed by atoms with Gasteiger partial charge >= 0.3 is 5.97 Å². The molecule has 8 nitrogen and oxygen atoms in total. The van der Waals surface area contributed by atoms with Crippen LogP contribution in [0.25, 0.3) is 0 Å². The molecule has 1 N–H and O–H groups in total. The summed E-state index contributed by atoms with van der Waals surface area (Å²) in [5.41, 5.74) is 0.172. The molecule has 8 heteroatoms. The zero-order valence-corrected chi connectivity index (χ0v) is 15.8. The summed E-state index contributed by atoms with van der Waals surface area (Å²) >= 11 is 0. The standard InChI is InChI=1S/C20H22N2O6/c1-26-16-4-3-5-17(27-2)18(16)28-14-7-10-22(11-8-14)19(23)13-6-9-21-15(12-13)20(24)25/h3-6,9,12,14H,7-8,10-11H2,1-2H3,(H,24,25). The van der Waals surface area contributed by atoms with Gasteiger partial charge in [0.05, 0.1) is 14.2 Å². The van der Waals surface area contributed by atoms with Crippen molar-refractivity contribution in [2.45, 2.75) is 18.9 Å². The van der Waals surface area contributed by atoms with Crippen LogP contribution in [0.15, 0.2) is 36.5 Å². The Hall–Kier alpha value is -3.29. The van der Waals surface area contributed by atoms with Gasteiger partial charge in [-0.2, -0.15) is 0 Å². The summed E-state index contributed by atoms with van der Waals surface area (Å²) in [6.07, 6.45) is 2.54. The van der Waals surface area contributed by atoms with Gasteiger partial charge in [-0.3, -0.25) is 4.79 Å². The Morgan fingerprint density at radius 1 is 1.11 bits per heavy atom. The molecule has 2 aromatic rings. The molecule has 0 saturated carbocycles. The molecule has 1 amide bonds. The van der Waals surface area contributed by atoms with Crippen LogP contribution in [0.4, 0.5) is 0 Å². The fourth-order valence-electron chi connectivity index (χ4n) is 3.14. The Bertz CT molecular complexity index is 839. The minimum absolute atomic E-state index is 0.0822. The number of para-hydroxylation sites is 1. The number of pyridine rings is 1. The van der Waals surface area contributed by atoms with Crippen LogP contribution in [0.1, 0.15) is 33.7 Å². The van der Waals surface area contributed by atoms with E-state index < -0.39 is 5.97 Å². The number of amides is 1. The molecule has 148 valence electrons. The molecular formula is C20H22N2O6. The first-order valence-corrected chi connectivity index (χ1v) is 8.89. The predicted octanol–water partition coefficient (Wildman–Crippen LogP) is 2.48. The van der Waals surface area contributed by atoms with E-state index in [0.717, 1.165) is 0 Å². The quantitative estimate of drug-likeness (QED) is 0.814. The van der Waals surface area contributed by atoms with E-state index in [4.69, 9.17) is 19.3 Å². The number of nitrogens with zero attached hydrogens (tertiary/aromatic N) is 2. The number of rotatable bonds is 6. The molecule has 1 aromatic carbocycles. The number of piperidine rings is 1. The van der Waals surface area contributed by atoms with Gasteiger partial charge in [0.25, 0.3) is 5.91 Å². The van der Waals surface area contributed by atoms with E-state index in [0.29, 0.717) is 48.7 Å². The summed E-state index contributed by atoms with van der Waals surface area (Å²) in [6.45, 7) is 1.01. The van der Waals surface area contributed by atoms with E-state index in [-0.39, 0.29) is 17.7 Å². The maximum atomic E-state index is 12.7. The maximum Gasteiger partial charge on any atom is 0.354 e. The number of carboxylic acids is 1. The van der Waals surface area contributed by atoms with Crippen molar-refractivity contribution in [1.82, 2.24) is 9.88 Å². The second kappa shape index (κ2) is 8.60. The molecule has 0 bridgehead atoms. The summed E-state index contributed by atoms with van der Waals surface area (Å²) in [5.74, 6) is 0.370. The van der Waals surface area contributed by atoms with Gasteiger partial charge in [0, 0.05) is 37.7 Å². The van der Waals surface area contributed by atoms with Crippen LogP contribution in [-0.4, -0.2) is 60.3 Å². The third kappa shape index (κ3) is 4.16. The number of methoxy groups -OCH3 is 2. The molecular weight excluding hydrogens is 364 g/mol. The lowest BCUT2D eigenvalue weighted by Gasteiger charge is -2.32. The highest BCUT2D eigenvalue weighted by Crippen LogP contribution is 2.38. The molecule has 1 fully saturated rings. The summed E-state index contributed by atoms with van der Waals surface area (Å²) in [5, 5.41) is 9.04. The van der Waals surface area contributed by atoms with Crippen molar-refractivity contribution in [2.24, 2.45) is 0 Å². The Labute approximate surface area is 162 Å². The fraction of sp³-hybridized carbons (Fsp3) is 0.350. The zero-order valence-electron chi connectivity index (χ0n) is 15.8. The molecule has 1 aromatic heterocycles. The van der Waals surface area contributed by atoms with Crippen molar-refractivity contribution in [2.75, 3.05) is 27.3 Å². The van der Waals surface area contributed by atoms with E-state index in [1.54, 1.807) is 31.3 Å². The average Bonchev–Trinajstić information content (AvgIpc) is 2.74. The van der Waals surface area contributed by atoms with Crippen LogP contribution in [0.3, 0.4) is 0 Å². The van der Waals surface area contributed by atoms with Crippen LogP contribution in [0.5, 0.6) is 17.2 Å². The normalized spacial score (nSPS) is 14.4. The third-order valence-electron chi connectivity index (χ3n) is 4.62. The van der Waals surface area contributed by atoms with Crippen molar-refractivity contribution < 1.29 is 28.9 Å². The SMILES string of the molecule is COc1cccc(OC)c1OC1CCN(C(=O)c2ccnc(C(=O)O)c2)CC1. The first-order valence-electron chi connectivity index (χ1n) is 8.89. The van der Waals surface area contributed by atoms with Gasteiger partial charge in [0.15, 0.2) is 11.5 Å². The Morgan fingerprint density at radius 3 is 2.32 bits per heavy atom. The minimum atomic E-state index is -1.16. The van der Waals surface area contributed by atoms with Gasteiger partial charge in [-0.1, -0.05) is 6.07 Å². The third-order valence-corrected chi connectivity index (χ3v) is 4.62. The molecule has 3 rings (SSSR count). The number of benzene rings is 1. The molecule has 1 aliphatic rings. The van der Waals surface area contributed by atoms with Crippen LogP contribution < -0.4 is 14.2 Å². The topological polar surface area (TPSA) is 98.2 Å². The van der Waals surface area contributed by atoms with Crippen molar-refractivity contribution in [1.29, 1.82) is 0 Å². The van der Waals surface area contributed by atoms with Crippen LogP contribution in [0.2, 0.25) is 0 Å². The maximum absolute atomic E-state index is 12.7. The van der Waals surface area contributed by atoms with Gasteiger partial charge in [-0.05, 0) is 24.3 Å². The van der Waals surface area contributed by atoms with Crippen molar-refractivity contribution >= 4 is 11.9 Å². The van der Waals surface area contributed by atoms with Gasteiger partial charge in [0.2, 0.25) is 5.75 Å². The molecule has 28 heavy (non-hydrogen) atoms. The van der Waals surface area contributed by atoms with E-state index >= 15 is 0 Å². The lowest BCUT2D eigenvalue weighted by molar-refractivity contribution is 0.0585. The van der Waals surface area contributed by atoms with Crippen LogP contribution >= 0.6 is 0 Å². The van der Waals surface area contributed by atoms with Crippen molar-refractivity contribution in [3.63, 3.8) is 0 Å². The number of likely N-dealkylation sites (tertiary alicyclic amines) is 1. The number of ether oxygens (including phenoxy) is 3. The molecule has 1 saturated heterocycles. The Morgan fingerprint density at radius 2 is 1.75 bits per heavy atom. The molecule has 1 aliphatic heterocycles. The average molecular weight is 386 g/mol. The number of hydrogen-bond acceptors (Lipinski definition) is 6. The number of aromatic carboxylic acids is 1. The lowest BCUT2D eigenvalue weighted by Crippen LogP contribution is -2.41. The molecule has 2 heterocycles. The molecule has 0 aliphatic carbocycles. The Balaban J connectivity index is 1.64. The highest BCUT2D eigenvalue weighted by Gasteiger charge is 2.27. The minimum Gasteiger partial charge on any atom is -0.493 e. The van der Waals surface area contributed by atoms with E-state index in [2.05, 4.69) is 4.98 Å². The highest BCUT2D eigenvalue weighted by molar-refractivity contribution is 5.96. The molecule has 0 atom stereocenters.